The molecule has 0 radical (unpaired) electrons. The molecule has 0 spiro atoms. The maximum absolute atomic E-state index is 9.75. The van der Waals surface area contributed by atoms with Crippen LogP contribution in [-0.2, 0) is 16.0 Å². The molecule has 0 unspecified atom stereocenters. The number of ether oxygens (including phenoxy) is 1. The highest BCUT2D eigenvalue weighted by Crippen LogP contribution is 1.93. The highest BCUT2D eigenvalue weighted by molar-refractivity contribution is 5.36. The molecular formula is C8H9NO2. The van der Waals surface area contributed by atoms with Crippen molar-refractivity contribution in [3.63, 3.8) is 0 Å². The highest BCUT2D eigenvalue weighted by Gasteiger charge is 1.90. The minimum atomic E-state index is 0.403. The zero-order chi connectivity index (χ0) is 7.94. The van der Waals surface area contributed by atoms with Crippen molar-refractivity contribution < 1.29 is 9.53 Å². The van der Waals surface area contributed by atoms with Crippen LogP contribution in [0.2, 0.25) is 0 Å². The molecule has 1 aromatic heterocycles. The molecule has 0 aliphatic carbocycles. The van der Waals surface area contributed by atoms with Gasteiger partial charge in [-0.05, 0) is 12.1 Å². The molecule has 1 aromatic rings. The number of nitrogens with zero attached hydrogens (tertiary/aromatic N) is 1. The Morgan fingerprint density at radius 1 is 1.55 bits per heavy atom. The van der Waals surface area contributed by atoms with Crippen LogP contribution in [0.1, 0.15) is 5.69 Å². The third-order valence-corrected chi connectivity index (χ3v) is 1.27. The van der Waals surface area contributed by atoms with Crippen molar-refractivity contribution in [2.75, 3.05) is 6.61 Å². The lowest BCUT2D eigenvalue weighted by Gasteiger charge is -1.96. The van der Waals surface area contributed by atoms with E-state index in [2.05, 4.69) is 9.72 Å². The minimum Gasteiger partial charge on any atom is -0.467 e. The number of pyridine rings is 1. The Labute approximate surface area is 65.0 Å². The van der Waals surface area contributed by atoms with Crippen molar-refractivity contribution in [2.24, 2.45) is 0 Å². The van der Waals surface area contributed by atoms with Gasteiger partial charge >= 0.3 is 0 Å². The van der Waals surface area contributed by atoms with E-state index in [0.29, 0.717) is 19.5 Å². The fourth-order valence-corrected chi connectivity index (χ4v) is 0.758. The first-order valence-electron chi connectivity index (χ1n) is 3.38. The number of rotatable bonds is 4. The Morgan fingerprint density at radius 2 is 2.45 bits per heavy atom. The summed E-state index contributed by atoms with van der Waals surface area (Å²) in [4.78, 5) is 13.8. The van der Waals surface area contributed by atoms with Crippen LogP contribution < -0.4 is 0 Å². The zero-order valence-corrected chi connectivity index (χ0v) is 6.06. The van der Waals surface area contributed by atoms with Crippen molar-refractivity contribution in [1.29, 1.82) is 0 Å². The maximum atomic E-state index is 9.75. The van der Waals surface area contributed by atoms with Crippen molar-refractivity contribution >= 4 is 6.47 Å². The van der Waals surface area contributed by atoms with Crippen LogP contribution in [0.5, 0.6) is 0 Å². The van der Waals surface area contributed by atoms with E-state index in [9.17, 15) is 4.79 Å². The molecule has 1 heterocycles. The van der Waals surface area contributed by atoms with E-state index >= 15 is 0 Å². The Kier molecular flexibility index (Phi) is 3.12. The number of hydrogen-bond acceptors (Lipinski definition) is 3. The Bertz CT molecular complexity index is 211. The zero-order valence-electron chi connectivity index (χ0n) is 6.06. The number of carbonyl (C=O) groups excluding carboxylic acids is 1. The third-order valence-electron chi connectivity index (χ3n) is 1.27. The van der Waals surface area contributed by atoms with Gasteiger partial charge < -0.3 is 4.74 Å². The Balaban J connectivity index is 2.33. The molecule has 0 aliphatic heterocycles. The van der Waals surface area contributed by atoms with E-state index in [0.717, 1.165) is 5.69 Å². The van der Waals surface area contributed by atoms with E-state index in [1.165, 1.54) is 0 Å². The first-order valence-corrected chi connectivity index (χ1v) is 3.38. The minimum absolute atomic E-state index is 0.403. The molecule has 0 fully saturated rings. The molecule has 3 nitrogen and oxygen atoms in total. The predicted octanol–water partition coefficient (Wildman–Crippen LogP) is 0.797. The third kappa shape index (κ3) is 2.80. The summed E-state index contributed by atoms with van der Waals surface area (Å²) in [6.07, 6.45) is 2.40. The molecule has 3 heteroatoms. The van der Waals surface area contributed by atoms with Gasteiger partial charge in [-0.25, -0.2) is 0 Å². The van der Waals surface area contributed by atoms with E-state index in [4.69, 9.17) is 0 Å². The summed E-state index contributed by atoms with van der Waals surface area (Å²) in [5.74, 6) is 0. The van der Waals surface area contributed by atoms with Gasteiger partial charge in [-0.2, -0.15) is 0 Å². The van der Waals surface area contributed by atoms with E-state index < -0.39 is 0 Å². The van der Waals surface area contributed by atoms with Crippen molar-refractivity contribution in [3.05, 3.63) is 30.1 Å². The second-order valence-electron chi connectivity index (χ2n) is 2.04. The molecule has 0 N–H and O–H groups in total. The molecular weight excluding hydrogens is 142 g/mol. The lowest BCUT2D eigenvalue weighted by Crippen LogP contribution is -1.97. The summed E-state index contributed by atoms with van der Waals surface area (Å²) in [5.41, 5.74) is 0.939. The van der Waals surface area contributed by atoms with Gasteiger partial charge in [0.05, 0.1) is 6.61 Å². The number of hydrogen-bond donors (Lipinski definition) is 0. The van der Waals surface area contributed by atoms with Crippen LogP contribution in [0.4, 0.5) is 0 Å². The summed E-state index contributed by atoms with van der Waals surface area (Å²) in [6, 6.07) is 5.65. The first-order chi connectivity index (χ1) is 5.43. The van der Waals surface area contributed by atoms with Crippen molar-refractivity contribution in [3.8, 4) is 0 Å². The molecule has 0 aromatic carbocycles. The van der Waals surface area contributed by atoms with Crippen LogP contribution in [0, 0.1) is 0 Å². The molecule has 0 saturated carbocycles. The van der Waals surface area contributed by atoms with Gasteiger partial charge in [0.15, 0.2) is 0 Å². The van der Waals surface area contributed by atoms with E-state index in [1.807, 2.05) is 18.2 Å². The van der Waals surface area contributed by atoms with Gasteiger partial charge in [-0.1, -0.05) is 6.07 Å². The first kappa shape index (κ1) is 7.72. The number of carbonyl (C=O) groups is 1. The molecule has 0 aliphatic rings. The molecule has 0 saturated heterocycles. The van der Waals surface area contributed by atoms with E-state index in [1.54, 1.807) is 6.20 Å². The van der Waals surface area contributed by atoms with Gasteiger partial charge in [0.1, 0.15) is 0 Å². The van der Waals surface area contributed by atoms with Crippen LogP contribution in [0.25, 0.3) is 0 Å². The standard InChI is InChI=1S/C8H9NO2/c10-7-11-6-4-8-3-1-2-5-9-8/h1-3,5,7H,4,6H2. The summed E-state index contributed by atoms with van der Waals surface area (Å²) >= 11 is 0. The van der Waals surface area contributed by atoms with Gasteiger partial charge in [-0.3, -0.25) is 9.78 Å². The van der Waals surface area contributed by atoms with Gasteiger partial charge in [-0.15, -0.1) is 0 Å². The molecule has 0 bridgehead atoms. The van der Waals surface area contributed by atoms with Crippen LogP contribution in [0.15, 0.2) is 24.4 Å². The summed E-state index contributed by atoms with van der Waals surface area (Å²) in [6.45, 7) is 0.851. The van der Waals surface area contributed by atoms with E-state index in [-0.39, 0.29) is 0 Å². The normalized spacial score (nSPS) is 9.09. The average Bonchev–Trinajstić information content (AvgIpc) is 2.07. The second-order valence-corrected chi connectivity index (χ2v) is 2.04. The fraction of sp³-hybridized carbons (Fsp3) is 0.250. The monoisotopic (exact) mass is 151 g/mol. The van der Waals surface area contributed by atoms with Gasteiger partial charge in [0, 0.05) is 18.3 Å². The molecule has 11 heavy (non-hydrogen) atoms. The summed E-state index contributed by atoms with van der Waals surface area (Å²) < 4.78 is 4.52. The van der Waals surface area contributed by atoms with Crippen molar-refractivity contribution in [1.82, 2.24) is 4.98 Å². The SMILES string of the molecule is O=COCCc1ccccn1. The smallest absolute Gasteiger partial charge is 0.293 e. The second kappa shape index (κ2) is 4.44. The molecule has 58 valence electrons. The maximum Gasteiger partial charge on any atom is 0.293 e. The van der Waals surface area contributed by atoms with Crippen LogP contribution in [-0.4, -0.2) is 18.1 Å². The van der Waals surface area contributed by atoms with Crippen LogP contribution >= 0.6 is 0 Å². The lowest BCUT2D eigenvalue weighted by atomic mass is 10.3. The quantitative estimate of drug-likeness (QED) is 0.472. The largest absolute Gasteiger partial charge is 0.467 e. The van der Waals surface area contributed by atoms with Crippen LogP contribution in [0.3, 0.4) is 0 Å². The topological polar surface area (TPSA) is 39.2 Å². The molecule has 0 amide bonds. The Hall–Kier alpha value is -1.38. The highest BCUT2D eigenvalue weighted by atomic mass is 16.5. The average molecular weight is 151 g/mol. The fourth-order valence-electron chi connectivity index (χ4n) is 0.758. The predicted molar refractivity (Wildman–Crippen MR) is 40.0 cm³/mol. The summed E-state index contributed by atoms with van der Waals surface area (Å²) in [5, 5.41) is 0. The summed E-state index contributed by atoms with van der Waals surface area (Å²) in [7, 11) is 0. The number of aromatic nitrogens is 1. The lowest BCUT2D eigenvalue weighted by molar-refractivity contribution is -0.128. The Morgan fingerprint density at radius 3 is 3.09 bits per heavy atom. The molecule has 1 rings (SSSR count). The molecule has 0 atom stereocenters. The van der Waals surface area contributed by atoms with Gasteiger partial charge in [0.2, 0.25) is 0 Å². The van der Waals surface area contributed by atoms with Crippen molar-refractivity contribution in [2.45, 2.75) is 6.42 Å². The van der Waals surface area contributed by atoms with Gasteiger partial charge in [0.25, 0.3) is 6.47 Å².